The van der Waals surface area contributed by atoms with E-state index in [1.54, 1.807) is 0 Å². The number of guanidine groups is 1. The minimum atomic E-state index is 0. The smallest absolute Gasteiger partial charge is 0.191 e. The Balaban J connectivity index is 0.00000242. The average Bonchev–Trinajstić information content (AvgIpc) is 2.56. The van der Waals surface area contributed by atoms with Crippen molar-refractivity contribution in [2.75, 3.05) is 32.7 Å². The van der Waals surface area contributed by atoms with Crippen LogP contribution in [0.3, 0.4) is 0 Å². The van der Waals surface area contributed by atoms with E-state index in [-0.39, 0.29) is 24.0 Å². The van der Waals surface area contributed by atoms with Gasteiger partial charge in [0.25, 0.3) is 0 Å². The van der Waals surface area contributed by atoms with Crippen LogP contribution < -0.4 is 5.73 Å². The number of halogens is 1. The van der Waals surface area contributed by atoms with E-state index < -0.39 is 0 Å². The summed E-state index contributed by atoms with van der Waals surface area (Å²) in [5.41, 5.74) is 6.50. The molecule has 0 unspecified atom stereocenters. The SMILES string of the molecule is CCN(CC)C(N)=NCC1(N2CCCCC2)CCCCC1.I. The van der Waals surface area contributed by atoms with Gasteiger partial charge in [-0.15, -0.1) is 24.0 Å². The van der Waals surface area contributed by atoms with E-state index in [2.05, 4.69) is 23.6 Å². The molecule has 2 N–H and O–H groups in total. The molecule has 2 rings (SSSR count). The zero-order chi connectivity index (χ0) is 15.1. The van der Waals surface area contributed by atoms with Gasteiger partial charge in [-0.2, -0.15) is 0 Å². The third-order valence-corrected chi connectivity index (χ3v) is 5.43. The van der Waals surface area contributed by atoms with Crippen LogP contribution in [0.15, 0.2) is 4.99 Å². The monoisotopic (exact) mass is 422 g/mol. The predicted octanol–water partition coefficient (Wildman–Crippen LogP) is 3.45. The van der Waals surface area contributed by atoms with Crippen molar-refractivity contribution in [3.8, 4) is 0 Å². The molecule has 1 aliphatic carbocycles. The lowest BCUT2D eigenvalue weighted by atomic mass is 9.79. The first-order valence-corrected chi connectivity index (χ1v) is 9.02. The number of rotatable bonds is 5. The molecule has 0 amide bonds. The van der Waals surface area contributed by atoms with Gasteiger partial charge in [-0.1, -0.05) is 25.7 Å². The van der Waals surface area contributed by atoms with Crippen molar-refractivity contribution in [1.82, 2.24) is 9.80 Å². The Morgan fingerprint density at radius 1 is 1.00 bits per heavy atom. The highest BCUT2D eigenvalue weighted by atomic mass is 127. The van der Waals surface area contributed by atoms with Gasteiger partial charge in [0.15, 0.2) is 5.96 Å². The molecule has 1 saturated heterocycles. The molecular weight excluding hydrogens is 387 g/mol. The third kappa shape index (κ3) is 4.98. The molecule has 0 radical (unpaired) electrons. The summed E-state index contributed by atoms with van der Waals surface area (Å²) in [6, 6.07) is 0. The molecular formula is C17H35IN4. The van der Waals surface area contributed by atoms with Gasteiger partial charge in [-0.25, -0.2) is 0 Å². The molecule has 2 fully saturated rings. The molecule has 0 atom stereocenters. The molecule has 1 saturated carbocycles. The van der Waals surface area contributed by atoms with Crippen molar-refractivity contribution in [3.05, 3.63) is 0 Å². The first kappa shape index (κ1) is 20.0. The summed E-state index contributed by atoms with van der Waals surface area (Å²) in [5.74, 6) is 0.738. The Bertz CT molecular complexity index is 330. The molecule has 0 aromatic rings. The summed E-state index contributed by atoms with van der Waals surface area (Å²) in [6.45, 7) is 9.61. The molecule has 0 bridgehead atoms. The first-order valence-electron chi connectivity index (χ1n) is 9.02. The molecule has 22 heavy (non-hydrogen) atoms. The highest BCUT2D eigenvalue weighted by Crippen LogP contribution is 2.35. The number of hydrogen-bond acceptors (Lipinski definition) is 2. The van der Waals surface area contributed by atoms with Gasteiger partial charge in [-0.3, -0.25) is 9.89 Å². The molecule has 4 nitrogen and oxygen atoms in total. The van der Waals surface area contributed by atoms with Crippen molar-refractivity contribution in [1.29, 1.82) is 0 Å². The summed E-state index contributed by atoms with van der Waals surface area (Å²) in [6.07, 6.45) is 10.8. The molecule has 0 aromatic heterocycles. The lowest BCUT2D eigenvalue weighted by Crippen LogP contribution is -2.54. The maximum atomic E-state index is 6.20. The van der Waals surface area contributed by atoms with E-state index in [1.807, 2.05) is 0 Å². The molecule has 5 heteroatoms. The Hall–Kier alpha value is -0.0400. The Labute approximate surface area is 153 Å². The lowest BCUT2D eigenvalue weighted by Gasteiger charge is -2.47. The minimum absolute atomic E-state index is 0. The summed E-state index contributed by atoms with van der Waals surface area (Å²) in [4.78, 5) is 9.72. The summed E-state index contributed by atoms with van der Waals surface area (Å²) >= 11 is 0. The Kier molecular flexibility index (Phi) is 9.05. The topological polar surface area (TPSA) is 44.9 Å². The second-order valence-corrected chi connectivity index (χ2v) is 6.68. The van der Waals surface area contributed by atoms with Gasteiger partial charge >= 0.3 is 0 Å². The number of aliphatic imine (C=N–C) groups is 1. The molecule has 1 heterocycles. The normalized spacial score (nSPS) is 22.9. The first-order chi connectivity index (χ1) is 10.2. The number of likely N-dealkylation sites (tertiary alicyclic amines) is 1. The maximum Gasteiger partial charge on any atom is 0.191 e. The van der Waals surface area contributed by atoms with E-state index in [0.29, 0.717) is 5.54 Å². The van der Waals surface area contributed by atoms with Crippen LogP contribution in [0, 0.1) is 0 Å². The molecule has 1 aliphatic heterocycles. The third-order valence-electron chi connectivity index (χ3n) is 5.43. The van der Waals surface area contributed by atoms with Crippen molar-refractivity contribution < 1.29 is 0 Å². The zero-order valence-corrected chi connectivity index (χ0v) is 16.8. The van der Waals surface area contributed by atoms with Crippen molar-refractivity contribution in [2.45, 2.75) is 70.8 Å². The number of nitrogens with zero attached hydrogens (tertiary/aromatic N) is 3. The van der Waals surface area contributed by atoms with Gasteiger partial charge in [0.1, 0.15) is 0 Å². The van der Waals surface area contributed by atoms with Gasteiger partial charge in [-0.05, 0) is 52.6 Å². The van der Waals surface area contributed by atoms with Crippen LogP contribution in [-0.2, 0) is 0 Å². The van der Waals surface area contributed by atoms with E-state index in [1.165, 1.54) is 64.5 Å². The highest BCUT2D eigenvalue weighted by molar-refractivity contribution is 14.0. The Morgan fingerprint density at radius 2 is 1.55 bits per heavy atom. The average molecular weight is 422 g/mol. The Morgan fingerprint density at radius 3 is 2.09 bits per heavy atom. The van der Waals surface area contributed by atoms with Crippen LogP contribution in [0.4, 0.5) is 0 Å². The lowest BCUT2D eigenvalue weighted by molar-refractivity contribution is 0.0406. The predicted molar refractivity (Wildman–Crippen MR) is 106 cm³/mol. The zero-order valence-electron chi connectivity index (χ0n) is 14.5. The summed E-state index contributed by atoms with van der Waals surface area (Å²) < 4.78 is 0. The molecule has 0 spiro atoms. The van der Waals surface area contributed by atoms with E-state index in [9.17, 15) is 0 Å². The van der Waals surface area contributed by atoms with Crippen molar-refractivity contribution in [2.24, 2.45) is 10.7 Å². The summed E-state index contributed by atoms with van der Waals surface area (Å²) in [7, 11) is 0. The second-order valence-electron chi connectivity index (χ2n) is 6.68. The largest absolute Gasteiger partial charge is 0.370 e. The molecule has 130 valence electrons. The van der Waals surface area contributed by atoms with Gasteiger partial charge in [0.05, 0.1) is 6.54 Å². The fourth-order valence-electron chi connectivity index (χ4n) is 4.03. The quantitative estimate of drug-likeness (QED) is 0.419. The number of nitrogens with two attached hydrogens (primary N) is 1. The van der Waals surface area contributed by atoms with Crippen molar-refractivity contribution >= 4 is 29.9 Å². The number of piperidine rings is 1. The van der Waals surface area contributed by atoms with Crippen LogP contribution in [0.2, 0.25) is 0 Å². The minimum Gasteiger partial charge on any atom is -0.370 e. The fraction of sp³-hybridized carbons (Fsp3) is 0.941. The van der Waals surface area contributed by atoms with Crippen LogP contribution in [0.25, 0.3) is 0 Å². The number of hydrogen-bond donors (Lipinski definition) is 1. The van der Waals surface area contributed by atoms with Crippen LogP contribution in [-0.4, -0.2) is 54.0 Å². The maximum absolute atomic E-state index is 6.20. The fourth-order valence-corrected chi connectivity index (χ4v) is 4.03. The van der Waals surface area contributed by atoms with Crippen molar-refractivity contribution in [3.63, 3.8) is 0 Å². The van der Waals surface area contributed by atoms with E-state index >= 15 is 0 Å². The van der Waals surface area contributed by atoms with Crippen LogP contribution in [0.1, 0.15) is 65.2 Å². The van der Waals surface area contributed by atoms with E-state index in [4.69, 9.17) is 10.7 Å². The highest BCUT2D eigenvalue weighted by Gasteiger charge is 2.38. The van der Waals surface area contributed by atoms with Gasteiger partial charge in [0.2, 0.25) is 0 Å². The molecule has 2 aliphatic rings. The molecule has 0 aromatic carbocycles. The summed E-state index contributed by atoms with van der Waals surface area (Å²) in [5, 5.41) is 0. The van der Waals surface area contributed by atoms with Crippen LogP contribution >= 0.6 is 24.0 Å². The van der Waals surface area contributed by atoms with Gasteiger partial charge in [0, 0.05) is 18.6 Å². The van der Waals surface area contributed by atoms with E-state index in [0.717, 1.165) is 25.6 Å². The van der Waals surface area contributed by atoms with Gasteiger partial charge < -0.3 is 10.6 Å². The standard InChI is InChI=1S/C17H34N4.HI/c1-3-20(4-2)16(18)19-15-17(11-7-5-8-12-17)21-13-9-6-10-14-21;/h3-15H2,1-2H3,(H2,18,19);1H. The second kappa shape index (κ2) is 9.96. The van der Waals surface area contributed by atoms with Crippen LogP contribution in [0.5, 0.6) is 0 Å².